The number of aliphatic hydroxyl groups excluding tert-OH is 2. The van der Waals surface area contributed by atoms with Crippen LogP contribution in [0, 0.1) is 56.7 Å². The molecule has 0 aromatic carbocycles. The van der Waals surface area contributed by atoms with Crippen LogP contribution in [0.1, 0.15) is 105 Å². The van der Waals surface area contributed by atoms with Gasteiger partial charge in [-0.15, -0.1) is 0 Å². The molecule has 10 heteroatoms. The van der Waals surface area contributed by atoms with Crippen molar-refractivity contribution in [2.45, 2.75) is 117 Å². The summed E-state index contributed by atoms with van der Waals surface area (Å²) in [4.78, 5) is 49.4. The number of carbonyl (C=O) groups excluding carboxylic acids is 2. The van der Waals surface area contributed by atoms with Gasteiger partial charge >= 0.3 is 11.9 Å². The van der Waals surface area contributed by atoms with Crippen LogP contribution in [-0.2, 0) is 19.2 Å². The Morgan fingerprint density at radius 3 is 2.17 bits per heavy atom. The Morgan fingerprint density at radius 1 is 0.870 bits per heavy atom. The molecule has 0 bridgehead atoms. The number of hydrogen-bond donors (Lipinski definition) is 6. The van der Waals surface area contributed by atoms with Crippen molar-refractivity contribution in [3.05, 3.63) is 12.2 Å². The van der Waals surface area contributed by atoms with Gasteiger partial charge in [-0.05, 0) is 117 Å². The monoisotopic (exact) mass is 644 g/mol. The molecule has 0 aromatic heterocycles. The predicted octanol–water partition coefficient (Wildman–Crippen LogP) is 4.14. The van der Waals surface area contributed by atoms with Gasteiger partial charge in [0.25, 0.3) is 0 Å². The molecule has 5 saturated carbocycles. The first-order chi connectivity index (χ1) is 21.4. The van der Waals surface area contributed by atoms with Crippen molar-refractivity contribution in [1.82, 2.24) is 10.6 Å². The molecule has 6 N–H and O–H groups in total. The number of amides is 2. The van der Waals surface area contributed by atoms with Crippen LogP contribution in [0.2, 0.25) is 0 Å². The lowest BCUT2D eigenvalue weighted by Gasteiger charge is -2.73. The largest absolute Gasteiger partial charge is 0.481 e. The summed E-state index contributed by atoms with van der Waals surface area (Å²) in [7, 11) is 0. The van der Waals surface area contributed by atoms with E-state index in [1.807, 2.05) is 0 Å². The van der Waals surface area contributed by atoms with Crippen LogP contribution in [-0.4, -0.2) is 69.5 Å². The summed E-state index contributed by atoms with van der Waals surface area (Å²) in [6.45, 7) is 15.5. The van der Waals surface area contributed by atoms with Crippen LogP contribution in [0.3, 0.4) is 0 Å². The van der Waals surface area contributed by atoms with E-state index in [0.29, 0.717) is 25.2 Å². The highest BCUT2D eigenvalue weighted by Crippen LogP contribution is 2.77. The third-order valence-electron chi connectivity index (χ3n) is 15.1. The lowest BCUT2D eigenvalue weighted by atomic mass is 9.32. The van der Waals surface area contributed by atoms with Gasteiger partial charge in [0, 0.05) is 5.41 Å². The highest BCUT2D eigenvalue weighted by Gasteiger charge is 2.72. The van der Waals surface area contributed by atoms with Crippen LogP contribution in [0.15, 0.2) is 12.2 Å². The number of rotatable bonds is 9. The minimum Gasteiger partial charge on any atom is -0.481 e. The second-order valence-electron chi connectivity index (χ2n) is 16.8. The molecular weight excluding hydrogens is 588 g/mol. The fourth-order valence-electron chi connectivity index (χ4n) is 12.5. The first-order valence-electron chi connectivity index (χ1n) is 17.4. The van der Waals surface area contributed by atoms with Crippen LogP contribution in [0.5, 0.6) is 0 Å². The summed E-state index contributed by atoms with van der Waals surface area (Å²) in [5, 5.41) is 45.0. The molecule has 258 valence electrons. The number of carboxylic acids is 2. The van der Waals surface area contributed by atoms with Gasteiger partial charge in [0.05, 0.1) is 31.1 Å². The van der Waals surface area contributed by atoms with Crippen LogP contribution in [0.25, 0.3) is 0 Å². The zero-order valence-corrected chi connectivity index (χ0v) is 28.4. The SMILES string of the molecule is C=C(C)[C@@H]1CC[C@]2(C(=O)NCC(=O)NC(CC(=O)O)C(=O)O)CC[C@]3(C)C(CCC4[C@@]5(C)CC[C@H](O)[C@@](C)(CO)C5CC[C@]43C)C12. The molecule has 2 amide bonds. The highest BCUT2D eigenvalue weighted by molar-refractivity contribution is 5.91. The van der Waals surface area contributed by atoms with E-state index in [9.17, 15) is 34.5 Å². The summed E-state index contributed by atoms with van der Waals surface area (Å²) in [5.41, 5.74) is -0.0639. The maximum Gasteiger partial charge on any atom is 0.326 e. The van der Waals surface area contributed by atoms with Gasteiger partial charge in [0.15, 0.2) is 0 Å². The van der Waals surface area contributed by atoms with E-state index in [2.05, 4.69) is 51.8 Å². The van der Waals surface area contributed by atoms with Crippen LogP contribution >= 0.6 is 0 Å². The van der Waals surface area contributed by atoms with E-state index in [0.717, 1.165) is 50.5 Å². The second kappa shape index (κ2) is 11.9. The number of allylic oxidation sites excluding steroid dienone is 1. The Balaban J connectivity index is 1.41. The minimum absolute atomic E-state index is 0.00765. The molecule has 10 nitrogen and oxygen atoms in total. The maximum atomic E-state index is 14.2. The average molecular weight is 645 g/mol. The molecule has 0 aliphatic heterocycles. The van der Waals surface area contributed by atoms with Crippen molar-refractivity contribution in [3.8, 4) is 0 Å². The van der Waals surface area contributed by atoms with Gasteiger partial charge in [0.1, 0.15) is 6.04 Å². The average Bonchev–Trinajstić information content (AvgIpc) is 3.39. The van der Waals surface area contributed by atoms with Gasteiger partial charge in [-0.1, -0.05) is 39.8 Å². The smallest absolute Gasteiger partial charge is 0.326 e. The number of hydrogen-bond acceptors (Lipinski definition) is 6. The minimum atomic E-state index is -1.57. The number of carbonyl (C=O) groups is 4. The third-order valence-corrected chi connectivity index (χ3v) is 15.1. The molecule has 5 aliphatic carbocycles. The van der Waals surface area contributed by atoms with E-state index in [-0.39, 0.29) is 52.4 Å². The first kappa shape index (κ1) is 34.9. The zero-order valence-electron chi connectivity index (χ0n) is 28.4. The van der Waals surface area contributed by atoms with Crippen molar-refractivity contribution in [2.24, 2.45) is 56.7 Å². The van der Waals surface area contributed by atoms with Crippen molar-refractivity contribution in [3.63, 3.8) is 0 Å². The first-order valence-corrected chi connectivity index (χ1v) is 17.4. The lowest BCUT2D eigenvalue weighted by Crippen LogP contribution is -2.68. The van der Waals surface area contributed by atoms with Crippen molar-refractivity contribution in [2.75, 3.05) is 13.2 Å². The quantitative estimate of drug-likeness (QED) is 0.203. The Hall–Kier alpha value is -2.46. The van der Waals surface area contributed by atoms with E-state index in [1.165, 1.54) is 0 Å². The fourth-order valence-corrected chi connectivity index (χ4v) is 12.5. The molecular formula is C36H56N2O8. The third kappa shape index (κ3) is 5.03. The summed E-state index contributed by atoms with van der Waals surface area (Å²) in [5.74, 6) is -2.44. The number of carboxylic acid groups (broad SMARTS) is 2. The van der Waals surface area contributed by atoms with Crippen LogP contribution < -0.4 is 10.6 Å². The molecule has 0 spiro atoms. The van der Waals surface area contributed by atoms with Crippen molar-refractivity contribution >= 4 is 23.8 Å². The standard InChI is InChI=1S/C36H56N2O8/c1-20(2)21-9-14-36(31(46)37-18-27(41)38-23(30(44)45)17-28(42)43)16-15-34(5)22(29(21)36)7-8-25-32(3)12-11-26(40)33(4,19-39)24(32)10-13-35(25,34)6/h21-26,29,39-40H,1,7-19H2,2-6H3,(H,37,46)(H,38,41)(H,42,43)(H,44,45)/t21-,22?,23?,24?,25?,26-,29?,32-,33-,34+,35+,36-/m0/s1. The molecule has 0 saturated heterocycles. The van der Waals surface area contributed by atoms with Gasteiger partial charge in [-0.25, -0.2) is 4.79 Å². The molecule has 5 rings (SSSR count). The Morgan fingerprint density at radius 2 is 1.57 bits per heavy atom. The lowest BCUT2D eigenvalue weighted by molar-refractivity contribution is -0.252. The van der Waals surface area contributed by atoms with Crippen LogP contribution in [0.4, 0.5) is 0 Å². The fraction of sp³-hybridized carbons (Fsp3) is 0.833. The molecule has 0 heterocycles. The molecule has 5 aliphatic rings. The van der Waals surface area contributed by atoms with Gasteiger partial charge < -0.3 is 31.1 Å². The van der Waals surface area contributed by atoms with Gasteiger partial charge in [0.2, 0.25) is 11.8 Å². The summed E-state index contributed by atoms with van der Waals surface area (Å²) < 4.78 is 0. The summed E-state index contributed by atoms with van der Waals surface area (Å²) in [6.07, 6.45) is 7.61. The highest BCUT2D eigenvalue weighted by atomic mass is 16.4. The summed E-state index contributed by atoms with van der Waals surface area (Å²) in [6, 6.07) is -1.57. The molecule has 0 aromatic rings. The topological polar surface area (TPSA) is 173 Å². The molecule has 0 radical (unpaired) electrons. The zero-order chi connectivity index (χ0) is 34.0. The number of aliphatic carboxylic acids is 2. The molecule has 5 unspecified atom stereocenters. The van der Waals surface area contributed by atoms with E-state index in [1.54, 1.807) is 0 Å². The maximum absolute atomic E-state index is 14.2. The Kier molecular flexibility index (Phi) is 9.02. The summed E-state index contributed by atoms with van der Waals surface area (Å²) >= 11 is 0. The number of fused-ring (bicyclic) bond motifs is 7. The van der Waals surface area contributed by atoms with Gasteiger partial charge in [-0.2, -0.15) is 0 Å². The molecule has 46 heavy (non-hydrogen) atoms. The number of aliphatic hydroxyl groups is 2. The van der Waals surface area contributed by atoms with Gasteiger partial charge in [-0.3, -0.25) is 14.4 Å². The number of nitrogens with one attached hydrogen (secondary N) is 2. The molecule has 12 atom stereocenters. The Bertz CT molecular complexity index is 1290. The van der Waals surface area contributed by atoms with E-state index in [4.69, 9.17) is 5.11 Å². The normalized spacial score (nSPS) is 45.2. The molecule has 5 fully saturated rings. The second-order valence-corrected chi connectivity index (χ2v) is 16.8. The van der Waals surface area contributed by atoms with Crippen molar-refractivity contribution < 1.29 is 39.6 Å². The van der Waals surface area contributed by atoms with E-state index < -0.39 is 53.8 Å². The van der Waals surface area contributed by atoms with E-state index >= 15 is 0 Å². The predicted molar refractivity (Wildman–Crippen MR) is 171 cm³/mol. The Labute approximate surface area is 273 Å². The van der Waals surface area contributed by atoms with Crippen molar-refractivity contribution in [1.29, 1.82) is 0 Å².